The molecule has 0 atom stereocenters. The van der Waals surface area contributed by atoms with Crippen molar-refractivity contribution in [3.63, 3.8) is 0 Å². The lowest BCUT2D eigenvalue weighted by Crippen LogP contribution is -2.26. The van der Waals surface area contributed by atoms with Crippen molar-refractivity contribution in [3.05, 3.63) is 48.5 Å². The summed E-state index contributed by atoms with van der Waals surface area (Å²) < 4.78 is 32.2. The number of hydrogen-bond donors (Lipinski definition) is 1. The number of ether oxygens (including phenoxy) is 1. The number of carbonyl (C=O) groups excluding carboxylic acids is 1. The van der Waals surface area contributed by atoms with E-state index in [9.17, 15) is 13.2 Å². The van der Waals surface area contributed by atoms with E-state index < -0.39 is 10.0 Å². The van der Waals surface area contributed by atoms with Crippen LogP contribution in [-0.4, -0.2) is 28.0 Å². The first kappa shape index (κ1) is 17.8. The number of rotatable bonds is 6. The molecule has 7 heteroatoms. The fourth-order valence-corrected chi connectivity index (χ4v) is 3.40. The molecule has 2 rings (SSSR count). The van der Waals surface area contributed by atoms with Crippen molar-refractivity contribution < 1.29 is 17.9 Å². The number of nitrogens with zero attached hydrogens (tertiary/aromatic N) is 1. The van der Waals surface area contributed by atoms with Gasteiger partial charge in [0, 0.05) is 14.0 Å². The highest BCUT2D eigenvalue weighted by Gasteiger charge is 2.22. The molecule has 1 amide bonds. The Labute approximate surface area is 142 Å². The van der Waals surface area contributed by atoms with E-state index >= 15 is 0 Å². The van der Waals surface area contributed by atoms with Crippen LogP contribution >= 0.6 is 0 Å². The third kappa shape index (κ3) is 3.86. The fourth-order valence-electron chi connectivity index (χ4n) is 2.17. The van der Waals surface area contributed by atoms with E-state index in [-0.39, 0.29) is 10.8 Å². The summed E-state index contributed by atoms with van der Waals surface area (Å²) in [5.41, 5.74) is 0.874. The topological polar surface area (TPSA) is 75.7 Å². The second-order valence-corrected chi connectivity index (χ2v) is 7.05. The van der Waals surface area contributed by atoms with Crippen LogP contribution in [0, 0.1) is 0 Å². The Balaban J connectivity index is 2.45. The Kier molecular flexibility index (Phi) is 5.46. The fraction of sp³-hybridized carbons (Fsp3) is 0.235. The quantitative estimate of drug-likeness (QED) is 0.871. The zero-order valence-corrected chi connectivity index (χ0v) is 14.6. The zero-order valence-electron chi connectivity index (χ0n) is 13.8. The second-order valence-electron chi connectivity index (χ2n) is 5.08. The van der Waals surface area contributed by atoms with E-state index in [1.807, 2.05) is 13.0 Å². The summed E-state index contributed by atoms with van der Waals surface area (Å²) >= 11 is 0. The summed E-state index contributed by atoms with van der Waals surface area (Å²) in [6.45, 7) is 3.57. The Hall–Kier alpha value is -2.54. The molecule has 0 fully saturated rings. The molecule has 6 nitrogen and oxygen atoms in total. The number of hydrogen-bond acceptors (Lipinski definition) is 4. The highest BCUT2D eigenvalue weighted by atomic mass is 32.2. The van der Waals surface area contributed by atoms with E-state index in [1.54, 1.807) is 30.3 Å². The van der Waals surface area contributed by atoms with E-state index in [0.717, 1.165) is 0 Å². The van der Waals surface area contributed by atoms with Crippen LogP contribution in [-0.2, 0) is 14.8 Å². The van der Waals surface area contributed by atoms with E-state index in [2.05, 4.69) is 5.32 Å². The summed E-state index contributed by atoms with van der Waals surface area (Å²) in [5.74, 6) is 0.121. The number of nitrogens with one attached hydrogen (secondary N) is 1. The summed E-state index contributed by atoms with van der Waals surface area (Å²) in [7, 11) is -2.27. The van der Waals surface area contributed by atoms with E-state index in [1.165, 1.54) is 30.4 Å². The Bertz CT molecular complexity index is 820. The maximum atomic E-state index is 12.8. The number of amides is 1. The number of benzene rings is 2. The van der Waals surface area contributed by atoms with Gasteiger partial charge >= 0.3 is 0 Å². The van der Waals surface area contributed by atoms with Gasteiger partial charge in [0.2, 0.25) is 5.91 Å². The largest absolute Gasteiger partial charge is 0.492 e. The van der Waals surface area contributed by atoms with Gasteiger partial charge in [-0.2, -0.15) is 0 Å². The molecular formula is C17H20N2O4S. The smallest absolute Gasteiger partial charge is 0.264 e. The molecule has 0 heterocycles. The molecule has 0 bridgehead atoms. The van der Waals surface area contributed by atoms with Crippen LogP contribution in [0.15, 0.2) is 53.4 Å². The minimum absolute atomic E-state index is 0.0704. The van der Waals surface area contributed by atoms with E-state index in [4.69, 9.17) is 4.74 Å². The Morgan fingerprint density at radius 2 is 1.83 bits per heavy atom. The normalized spacial score (nSPS) is 11.0. The van der Waals surface area contributed by atoms with Crippen LogP contribution in [0.25, 0.3) is 0 Å². The molecule has 2 aromatic carbocycles. The number of carbonyl (C=O) groups is 1. The number of sulfonamides is 1. The standard InChI is InChI=1S/C17H20N2O4S/c1-4-23-17-11-10-15(12-16(17)18-13(2)20)24(21,22)19(3)14-8-6-5-7-9-14/h5-12H,4H2,1-3H3,(H,18,20). The molecule has 0 saturated heterocycles. The van der Waals surface area contributed by atoms with Crippen LogP contribution in [0.5, 0.6) is 5.75 Å². The first-order valence-corrected chi connectivity index (χ1v) is 8.88. The molecule has 0 saturated carbocycles. The van der Waals surface area contributed by atoms with Crippen molar-refractivity contribution >= 4 is 27.3 Å². The molecule has 0 radical (unpaired) electrons. The van der Waals surface area contributed by atoms with Gasteiger partial charge in [-0.25, -0.2) is 8.42 Å². The molecule has 24 heavy (non-hydrogen) atoms. The molecule has 128 valence electrons. The zero-order chi connectivity index (χ0) is 17.7. The van der Waals surface area contributed by atoms with Gasteiger partial charge in [-0.3, -0.25) is 9.10 Å². The SMILES string of the molecule is CCOc1ccc(S(=O)(=O)N(C)c2ccccc2)cc1NC(C)=O. The highest BCUT2D eigenvalue weighted by molar-refractivity contribution is 7.92. The molecule has 2 aromatic rings. The van der Waals surface area contributed by atoms with Gasteiger partial charge in [0.15, 0.2) is 0 Å². The average Bonchev–Trinajstić information content (AvgIpc) is 2.56. The third-order valence-corrected chi connectivity index (χ3v) is 5.12. The molecule has 0 unspecified atom stereocenters. The van der Waals surface area contributed by atoms with Gasteiger partial charge in [0.25, 0.3) is 10.0 Å². The van der Waals surface area contributed by atoms with Crippen LogP contribution < -0.4 is 14.4 Å². The van der Waals surface area contributed by atoms with Gasteiger partial charge < -0.3 is 10.1 Å². The first-order valence-electron chi connectivity index (χ1n) is 7.44. The Morgan fingerprint density at radius 1 is 1.17 bits per heavy atom. The molecule has 0 aromatic heterocycles. The van der Waals surface area contributed by atoms with Gasteiger partial charge in [0.05, 0.1) is 22.9 Å². The molecule has 0 spiro atoms. The van der Waals surface area contributed by atoms with Crippen LogP contribution in [0.4, 0.5) is 11.4 Å². The predicted molar refractivity (Wildman–Crippen MR) is 93.9 cm³/mol. The van der Waals surface area contributed by atoms with Gasteiger partial charge in [0.1, 0.15) is 5.75 Å². The second kappa shape index (κ2) is 7.35. The predicted octanol–water partition coefficient (Wildman–Crippen LogP) is 2.87. The van der Waals surface area contributed by atoms with Crippen molar-refractivity contribution in [1.29, 1.82) is 0 Å². The van der Waals surface area contributed by atoms with Gasteiger partial charge in [-0.05, 0) is 37.3 Å². The maximum absolute atomic E-state index is 12.8. The average molecular weight is 348 g/mol. The number of anilines is 2. The lowest BCUT2D eigenvalue weighted by atomic mass is 10.3. The molecule has 0 aliphatic rings. The van der Waals surface area contributed by atoms with Crippen molar-refractivity contribution in [1.82, 2.24) is 0 Å². The van der Waals surface area contributed by atoms with Crippen LogP contribution in [0.3, 0.4) is 0 Å². The molecule has 0 aliphatic heterocycles. The number of para-hydroxylation sites is 1. The lowest BCUT2D eigenvalue weighted by Gasteiger charge is -2.20. The molecule has 0 aliphatic carbocycles. The first-order chi connectivity index (χ1) is 11.4. The van der Waals surface area contributed by atoms with Crippen LogP contribution in [0.1, 0.15) is 13.8 Å². The summed E-state index contributed by atoms with van der Waals surface area (Å²) in [6, 6.07) is 13.2. The third-order valence-electron chi connectivity index (χ3n) is 3.34. The summed E-state index contributed by atoms with van der Waals surface area (Å²) in [4.78, 5) is 11.4. The van der Waals surface area contributed by atoms with E-state index in [0.29, 0.717) is 23.7 Å². The van der Waals surface area contributed by atoms with Crippen molar-refractivity contribution in [2.24, 2.45) is 0 Å². The highest BCUT2D eigenvalue weighted by Crippen LogP contribution is 2.30. The maximum Gasteiger partial charge on any atom is 0.264 e. The van der Waals surface area contributed by atoms with Crippen molar-refractivity contribution in [2.45, 2.75) is 18.7 Å². The van der Waals surface area contributed by atoms with Gasteiger partial charge in [-0.15, -0.1) is 0 Å². The van der Waals surface area contributed by atoms with Crippen molar-refractivity contribution in [3.8, 4) is 5.75 Å². The Morgan fingerprint density at radius 3 is 2.42 bits per heavy atom. The lowest BCUT2D eigenvalue weighted by molar-refractivity contribution is -0.114. The van der Waals surface area contributed by atoms with Gasteiger partial charge in [-0.1, -0.05) is 18.2 Å². The minimum Gasteiger partial charge on any atom is -0.492 e. The minimum atomic E-state index is -3.76. The molecular weight excluding hydrogens is 328 g/mol. The molecule has 1 N–H and O–H groups in total. The monoisotopic (exact) mass is 348 g/mol. The van der Waals surface area contributed by atoms with Crippen LogP contribution in [0.2, 0.25) is 0 Å². The van der Waals surface area contributed by atoms with Crippen molar-refractivity contribution in [2.75, 3.05) is 23.3 Å². The summed E-state index contributed by atoms with van der Waals surface area (Å²) in [5, 5.41) is 2.60. The summed E-state index contributed by atoms with van der Waals surface area (Å²) in [6.07, 6.45) is 0.